The van der Waals surface area contributed by atoms with Crippen molar-refractivity contribution in [3.63, 3.8) is 0 Å². The molecule has 1 amide bonds. The number of rotatable bonds is 6. The molecule has 1 unspecified atom stereocenters. The van der Waals surface area contributed by atoms with Crippen molar-refractivity contribution < 1.29 is 14.3 Å². The third-order valence-corrected chi connectivity index (χ3v) is 2.02. The van der Waals surface area contributed by atoms with Crippen LogP contribution in [0.4, 0.5) is 0 Å². The van der Waals surface area contributed by atoms with Gasteiger partial charge in [-0.3, -0.25) is 9.48 Å². The van der Waals surface area contributed by atoms with Gasteiger partial charge in [-0.25, -0.2) is 4.79 Å². The highest BCUT2D eigenvalue weighted by molar-refractivity contribution is 6.01. The zero-order valence-corrected chi connectivity index (χ0v) is 9.63. The summed E-state index contributed by atoms with van der Waals surface area (Å²) in [4.78, 5) is 22.6. The SMILES string of the molecule is CCOC(=O)C(N)C(=O)NCCn1cccn1. The molecule has 3 N–H and O–H groups in total. The predicted molar refractivity (Wildman–Crippen MR) is 59.8 cm³/mol. The highest BCUT2D eigenvalue weighted by Crippen LogP contribution is 1.87. The molecular formula is C10H16N4O3. The molecule has 7 heteroatoms. The molecule has 0 aromatic carbocycles. The minimum atomic E-state index is -1.27. The van der Waals surface area contributed by atoms with E-state index in [2.05, 4.69) is 15.2 Å². The number of nitrogens with one attached hydrogen (secondary N) is 1. The summed E-state index contributed by atoms with van der Waals surface area (Å²) in [7, 11) is 0. The first-order valence-corrected chi connectivity index (χ1v) is 5.32. The fraction of sp³-hybridized carbons (Fsp3) is 0.500. The standard InChI is InChI=1S/C10H16N4O3/c1-2-17-10(16)8(11)9(15)12-5-7-14-6-3-4-13-14/h3-4,6,8H,2,5,7,11H2,1H3,(H,12,15). The van der Waals surface area contributed by atoms with Crippen LogP contribution in [0.3, 0.4) is 0 Å². The van der Waals surface area contributed by atoms with Crippen LogP contribution in [0.15, 0.2) is 18.5 Å². The zero-order chi connectivity index (χ0) is 12.7. The van der Waals surface area contributed by atoms with E-state index >= 15 is 0 Å². The predicted octanol–water partition coefficient (Wildman–Crippen LogP) is -1.11. The van der Waals surface area contributed by atoms with Crippen LogP contribution in [0.2, 0.25) is 0 Å². The third kappa shape index (κ3) is 4.23. The lowest BCUT2D eigenvalue weighted by Crippen LogP contribution is -2.47. The van der Waals surface area contributed by atoms with Gasteiger partial charge in [-0.1, -0.05) is 0 Å². The fourth-order valence-corrected chi connectivity index (χ4v) is 1.18. The van der Waals surface area contributed by atoms with Gasteiger partial charge in [0.2, 0.25) is 5.91 Å². The molecule has 1 atom stereocenters. The summed E-state index contributed by atoms with van der Waals surface area (Å²) >= 11 is 0. The van der Waals surface area contributed by atoms with Gasteiger partial charge in [0.1, 0.15) is 0 Å². The highest BCUT2D eigenvalue weighted by atomic mass is 16.5. The Bertz CT molecular complexity index is 364. The molecule has 0 spiro atoms. The molecule has 0 radical (unpaired) electrons. The van der Waals surface area contributed by atoms with E-state index < -0.39 is 17.9 Å². The lowest BCUT2D eigenvalue weighted by molar-refractivity contribution is -0.147. The summed E-state index contributed by atoms with van der Waals surface area (Å²) in [6, 6.07) is 0.513. The maximum absolute atomic E-state index is 11.4. The summed E-state index contributed by atoms with van der Waals surface area (Å²) in [5.74, 6) is -1.26. The number of ether oxygens (including phenoxy) is 1. The second kappa shape index (κ2) is 6.64. The number of carbonyl (C=O) groups is 2. The van der Waals surface area contributed by atoms with Crippen molar-refractivity contribution in [1.82, 2.24) is 15.1 Å². The van der Waals surface area contributed by atoms with E-state index in [1.54, 1.807) is 30.1 Å². The lowest BCUT2D eigenvalue weighted by atomic mass is 10.3. The van der Waals surface area contributed by atoms with Gasteiger partial charge in [0.15, 0.2) is 6.04 Å². The van der Waals surface area contributed by atoms with E-state index in [1.807, 2.05) is 0 Å². The first-order chi connectivity index (χ1) is 8.15. The van der Waals surface area contributed by atoms with E-state index in [0.29, 0.717) is 13.1 Å². The molecule has 1 rings (SSSR count). The van der Waals surface area contributed by atoms with Crippen molar-refractivity contribution in [2.75, 3.05) is 13.2 Å². The quantitative estimate of drug-likeness (QED) is 0.485. The Balaban J connectivity index is 2.27. The fourth-order valence-electron chi connectivity index (χ4n) is 1.18. The van der Waals surface area contributed by atoms with E-state index in [1.165, 1.54) is 0 Å². The van der Waals surface area contributed by atoms with Crippen LogP contribution in [-0.4, -0.2) is 40.9 Å². The molecule has 1 aromatic heterocycles. The molecule has 1 aromatic rings. The summed E-state index contributed by atoms with van der Waals surface area (Å²) in [5, 5.41) is 6.50. The van der Waals surface area contributed by atoms with Crippen molar-refractivity contribution in [1.29, 1.82) is 0 Å². The number of aromatic nitrogens is 2. The van der Waals surface area contributed by atoms with Gasteiger partial charge in [-0.15, -0.1) is 0 Å². The lowest BCUT2D eigenvalue weighted by Gasteiger charge is -2.11. The van der Waals surface area contributed by atoms with Crippen molar-refractivity contribution in [3.8, 4) is 0 Å². The molecular weight excluding hydrogens is 224 g/mol. The van der Waals surface area contributed by atoms with Gasteiger partial charge < -0.3 is 15.8 Å². The van der Waals surface area contributed by atoms with Gasteiger partial charge in [-0.05, 0) is 13.0 Å². The minimum Gasteiger partial charge on any atom is -0.464 e. The third-order valence-electron chi connectivity index (χ3n) is 2.02. The Hall–Kier alpha value is -1.89. The largest absolute Gasteiger partial charge is 0.464 e. The summed E-state index contributed by atoms with van der Waals surface area (Å²) in [6.07, 6.45) is 3.42. The van der Waals surface area contributed by atoms with Gasteiger partial charge in [0.25, 0.3) is 0 Å². The molecule has 0 saturated carbocycles. The second-order valence-corrected chi connectivity index (χ2v) is 3.29. The number of nitrogens with two attached hydrogens (primary N) is 1. The monoisotopic (exact) mass is 240 g/mol. The van der Waals surface area contributed by atoms with E-state index in [4.69, 9.17) is 5.73 Å². The number of esters is 1. The van der Waals surface area contributed by atoms with Crippen molar-refractivity contribution in [2.24, 2.45) is 5.73 Å². The topological polar surface area (TPSA) is 99.2 Å². The molecule has 17 heavy (non-hydrogen) atoms. The Kier molecular flexibility index (Phi) is 5.15. The Morgan fingerprint density at radius 2 is 2.35 bits per heavy atom. The van der Waals surface area contributed by atoms with Crippen LogP contribution in [-0.2, 0) is 20.9 Å². The van der Waals surface area contributed by atoms with Crippen LogP contribution in [0.25, 0.3) is 0 Å². The molecule has 0 saturated heterocycles. The maximum Gasteiger partial charge on any atom is 0.332 e. The van der Waals surface area contributed by atoms with Crippen LogP contribution in [0, 0.1) is 0 Å². The second-order valence-electron chi connectivity index (χ2n) is 3.29. The number of hydrogen-bond acceptors (Lipinski definition) is 5. The number of amides is 1. The first kappa shape index (κ1) is 13.2. The van der Waals surface area contributed by atoms with Crippen LogP contribution in [0.1, 0.15) is 6.92 Å². The van der Waals surface area contributed by atoms with E-state index in [0.717, 1.165) is 0 Å². The average molecular weight is 240 g/mol. The van der Waals surface area contributed by atoms with Crippen LogP contribution < -0.4 is 11.1 Å². The highest BCUT2D eigenvalue weighted by Gasteiger charge is 2.22. The van der Waals surface area contributed by atoms with E-state index in [9.17, 15) is 9.59 Å². The molecule has 0 fully saturated rings. The van der Waals surface area contributed by atoms with Crippen LogP contribution >= 0.6 is 0 Å². The van der Waals surface area contributed by atoms with Crippen molar-refractivity contribution in [2.45, 2.75) is 19.5 Å². The maximum atomic E-state index is 11.4. The zero-order valence-electron chi connectivity index (χ0n) is 9.63. The first-order valence-electron chi connectivity index (χ1n) is 5.32. The molecule has 7 nitrogen and oxygen atoms in total. The summed E-state index contributed by atoms with van der Waals surface area (Å²) in [6.45, 7) is 2.73. The van der Waals surface area contributed by atoms with Gasteiger partial charge in [0, 0.05) is 18.9 Å². The molecule has 94 valence electrons. The van der Waals surface area contributed by atoms with E-state index in [-0.39, 0.29) is 6.61 Å². The molecule has 0 bridgehead atoms. The Labute approximate surface area is 98.9 Å². The number of carbonyl (C=O) groups excluding carboxylic acids is 2. The number of nitrogens with zero attached hydrogens (tertiary/aromatic N) is 2. The average Bonchev–Trinajstić information content (AvgIpc) is 2.81. The summed E-state index contributed by atoms with van der Waals surface area (Å²) < 4.78 is 6.30. The van der Waals surface area contributed by atoms with Gasteiger partial charge in [0.05, 0.1) is 13.2 Å². The Morgan fingerprint density at radius 1 is 1.59 bits per heavy atom. The Morgan fingerprint density at radius 3 is 2.94 bits per heavy atom. The normalized spacial score (nSPS) is 11.9. The van der Waals surface area contributed by atoms with Gasteiger partial charge in [-0.2, -0.15) is 5.10 Å². The van der Waals surface area contributed by atoms with Crippen molar-refractivity contribution in [3.05, 3.63) is 18.5 Å². The molecule has 0 aliphatic carbocycles. The minimum absolute atomic E-state index is 0.201. The molecule has 0 aliphatic rings. The number of hydrogen-bond donors (Lipinski definition) is 2. The van der Waals surface area contributed by atoms with Crippen LogP contribution in [0.5, 0.6) is 0 Å². The summed E-state index contributed by atoms with van der Waals surface area (Å²) in [5.41, 5.74) is 5.40. The van der Waals surface area contributed by atoms with Gasteiger partial charge >= 0.3 is 5.97 Å². The van der Waals surface area contributed by atoms with Crippen molar-refractivity contribution >= 4 is 11.9 Å². The molecule has 0 aliphatic heterocycles. The molecule has 1 heterocycles. The smallest absolute Gasteiger partial charge is 0.332 e.